The largest absolute Gasteiger partial charge is 0.478 e. The fraction of sp³-hybridized carbons (Fsp3) is 0.294. The van der Waals surface area contributed by atoms with Crippen molar-refractivity contribution in [2.24, 2.45) is 4.99 Å². The van der Waals surface area contributed by atoms with E-state index in [2.05, 4.69) is 26.1 Å². The van der Waals surface area contributed by atoms with E-state index >= 15 is 0 Å². The van der Waals surface area contributed by atoms with Gasteiger partial charge < -0.3 is 4.74 Å². The van der Waals surface area contributed by atoms with E-state index in [9.17, 15) is 8.42 Å². The molecule has 9 heteroatoms. The van der Waals surface area contributed by atoms with Crippen LogP contribution in [0.5, 0.6) is 5.75 Å². The first-order valence-corrected chi connectivity index (χ1v) is 11.6. The number of hydrogen-bond acceptors (Lipinski definition) is 6. The van der Waals surface area contributed by atoms with Gasteiger partial charge in [-0.3, -0.25) is 3.93 Å². The van der Waals surface area contributed by atoms with Crippen molar-refractivity contribution in [2.45, 2.75) is 12.5 Å². The second-order valence-electron chi connectivity index (χ2n) is 5.80. The first-order chi connectivity index (χ1) is 12.4. The molecule has 1 unspecified atom stereocenters. The molecule has 0 spiro atoms. The van der Waals surface area contributed by atoms with E-state index in [1.165, 1.54) is 17.6 Å². The zero-order valence-corrected chi connectivity index (χ0v) is 17.3. The minimum atomic E-state index is -3.01. The van der Waals surface area contributed by atoms with Gasteiger partial charge in [-0.25, -0.2) is 18.4 Å². The van der Waals surface area contributed by atoms with Gasteiger partial charge in [0.25, 0.3) is 0 Å². The van der Waals surface area contributed by atoms with Crippen molar-refractivity contribution < 1.29 is 13.2 Å². The third-order valence-electron chi connectivity index (χ3n) is 3.56. The Morgan fingerprint density at radius 3 is 2.88 bits per heavy atom. The van der Waals surface area contributed by atoms with Gasteiger partial charge in [-0.2, -0.15) is 0 Å². The monoisotopic (exact) mass is 455 g/mol. The molecule has 0 radical (unpaired) electrons. The Balaban J connectivity index is 1.78. The van der Waals surface area contributed by atoms with Crippen LogP contribution in [0.3, 0.4) is 0 Å². The summed E-state index contributed by atoms with van der Waals surface area (Å²) in [6.07, 6.45) is 5.24. The predicted molar refractivity (Wildman–Crippen MR) is 108 cm³/mol. The van der Waals surface area contributed by atoms with Gasteiger partial charge in [0.15, 0.2) is 11.9 Å². The summed E-state index contributed by atoms with van der Waals surface area (Å²) < 4.78 is 30.4. The van der Waals surface area contributed by atoms with E-state index < -0.39 is 9.84 Å². The molecule has 2 heterocycles. The van der Waals surface area contributed by atoms with Crippen LogP contribution in [-0.2, 0) is 16.3 Å². The maximum absolute atomic E-state index is 11.3. The van der Waals surface area contributed by atoms with Crippen LogP contribution < -0.4 is 4.74 Å². The number of sulfone groups is 1. The topological polar surface area (TPSA) is 71.9 Å². The number of rotatable bonds is 6. The lowest BCUT2D eigenvalue weighted by Gasteiger charge is -2.27. The number of benzene rings is 1. The summed E-state index contributed by atoms with van der Waals surface area (Å²) in [4.78, 5) is 9.04. The highest BCUT2D eigenvalue weighted by Gasteiger charge is 2.24. The molecule has 1 aromatic heterocycles. The first kappa shape index (κ1) is 19.1. The van der Waals surface area contributed by atoms with Gasteiger partial charge in [0.1, 0.15) is 15.6 Å². The van der Waals surface area contributed by atoms with Crippen LogP contribution in [0.15, 0.2) is 52.9 Å². The number of halogens is 1. The standard InChI is InChI=1S/C17H18BrN3O3S2/c1-26(22,23)11-9-13-12-25-17(19-13)20-16-15(8-5-10-21(16)18)24-14-6-3-2-4-7-14/h2-8,12,15H,9-11H2,1H3. The molecule has 0 bridgehead atoms. The summed E-state index contributed by atoms with van der Waals surface area (Å²) in [7, 11) is -3.01. The Morgan fingerprint density at radius 1 is 1.38 bits per heavy atom. The number of aromatic nitrogens is 1. The summed E-state index contributed by atoms with van der Waals surface area (Å²) in [6.45, 7) is 0.666. The van der Waals surface area contributed by atoms with Gasteiger partial charge in [0, 0.05) is 24.6 Å². The Hall–Kier alpha value is -1.71. The van der Waals surface area contributed by atoms with E-state index in [4.69, 9.17) is 4.74 Å². The molecule has 0 amide bonds. The van der Waals surface area contributed by atoms with Crippen molar-refractivity contribution in [1.82, 2.24) is 8.91 Å². The molecule has 26 heavy (non-hydrogen) atoms. The number of aryl methyl sites for hydroxylation is 1. The highest BCUT2D eigenvalue weighted by Crippen LogP contribution is 2.24. The molecule has 1 aliphatic rings. The van der Waals surface area contributed by atoms with Gasteiger partial charge in [-0.05, 0) is 18.2 Å². The van der Waals surface area contributed by atoms with Crippen LogP contribution in [-0.4, -0.2) is 47.8 Å². The summed E-state index contributed by atoms with van der Waals surface area (Å²) in [5.41, 5.74) is 0.729. The van der Waals surface area contributed by atoms with E-state index in [1.54, 1.807) is 0 Å². The summed E-state index contributed by atoms with van der Waals surface area (Å²) in [5, 5.41) is 2.42. The number of hydrogen-bond donors (Lipinski definition) is 0. The molecular weight excluding hydrogens is 438 g/mol. The smallest absolute Gasteiger partial charge is 0.211 e. The molecule has 0 saturated heterocycles. The molecule has 0 saturated carbocycles. The Labute approximate surface area is 165 Å². The Bertz CT molecular complexity index is 910. The zero-order chi connectivity index (χ0) is 18.6. The minimum absolute atomic E-state index is 0.0831. The third-order valence-corrected chi connectivity index (χ3v) is 5.95. The zero-order valence-electron chi connectivity index (χ0n) is 14.1. The van der Waals surface area contributed by atoms with E-state index in [0.717, 1.165) is 11.4 Å². The lowest BCUT2D eigenvalue weighted by Crippen LogP contribution is -2.38. The number of aliphatic imine (C=N–C) groups is 1. The van der Waals surface area contributed by atoms with Crippen LogP contribution in [0.25, 0.3) is 0 Å². The average molecular weight is 456 g/mol. The lowest BCUT2D eigenvalue weighted by molar-refractivity contribution is 0.298. The Kier molecular flexibility index (Phi) is 6.10. The second kappa shape index (κ2) is 8.32. The molecule has 0 N–H and O–H groups in total. The first-order valence-electron chi connectivity index (χ1n) is 7.93. The van der Waals surface area contributed by atoms with Crippen molar-refractivity contribution >= 4 is 48.3 Å². The van der Waals surface area contributed by atoms with Gasteiger partial charge >= 0.3 is 0 Å². The molecule has 0 fully saturated rings. The van der Waals surface area contributed by atoms with Crippen LogP contribution in [0.2, 0.25) is 0 Å². The number of para-hydroxylation sites is 1. The van der Waals surface area contributed by atoms with Crippen molar-refractivity contribution in [3.8, 4) is 5.75 Å². The number of amidine groups is 1. The highest BCUT2D eigenvalue weighted by molar-refractivity contribution is 9.07. The van der Waals surface area contributed by atoms with Crippen molar-refractivity contribution in [1.29, 1.82) is 0 Å². The minimum Gasteiger partial charge on any atom is -0.478 e. The lowest BCUT2D eigenvalue weighted by atomic mass is 10.2. The van der Waals surface area contributed by atoms with Gasteiger partial charge in [0.05, 0.1) is 27.6 Å². The average Bonchev–Trinajstić information content (AvgIpc) is 3.04. The summed E-state index contributed by atoms with van der Waals surface area (Å²) in [5.74, 6) is 1.53. The molecule has 1 atom stereocenters. The van der Waals surface area contributed by atoms with E-state index in [1.807, 2.05) is 51.8 Å². The fourth-order valence-corrected chi connectivity index (χ4v) is 4.06. The van der Waals surface area contributed by atoms with Gasteiger partial charge in [-0.1, -0.05) is 24.3 Å². The van der Waals surface area contributed by atoms with Crippen molar-refractivity contribution in [3.05, 3.63) is 53.6 Å². The molecule has 6 nitrogen and oxygen atoms in total. The van der Waals surface area contributed by atoms with Crippen LogP contribution in [0.4, 0.5) is 5.13 Å². The molecule has 1 aliphatic heterocycles. The van der Waals surface area contributed by atoms with Gasteiger partial charge in [0.2, 0.25) is 5.13 Å². The molecule has 2 aromatic rings. The van der Waals surface area contributed by atoms with Crippen LogP contribution >= 0.6 is 27.5 Å². The predicted octanol–water partition coefficient (Wildman–Crippen LogP) is 3.39. The third kappa shape index (κ3) is 5.39. The molecular formula is C17H18BrN3O3S2. The fourth-order valence-electron chi connectivity index (χ4n) is 2.30. The highest BCUT2D eigenvalue weighted by atomic mass is 79.9. The van der Waals surface area contributed by atoms with E-state index in [0.29, 0.717) is 23.9 Å². The molecule has 138 valence electrons. The maximum Gasteiger partial charge on any atom is 0.211 e. The molecule has 1 aromatic carbocycles. The quantitative estimate of drug-likeness (QED) is 0.492. The summed E-state index contributed by atoms with van der Waals surface area (Å²) >= 11 is 4.88. The number of ether oxygens (including phenoxy) is 1. The second-order valence-corrected chi connectivity index (χ2v) is 9.75. The van der Waals surface area contributed by atoms with Crippen molar-refractivity contribution in [2.75, 3.05) is 18.6 Å². The van der Waals surface area contributed by atoms with Crippen molar-refractivity contribution in [3.63, 3.8) is 0 Å². The van der Waals surface area contributed by atoms with E-state index in [-0.39, 0.29) is 11.9 Å². The maximum atomic E-state index is 11.3. The van der Waals surface area contributed by atoms with Crippen LogP contribution in [0.1, 0.15) is 5.69 Å². The molecule has 0 aliphatic carbocycles. The normalized spacial score (nSPS) is 19.1. The molecule has 3 rings (SSSR count). The number of thiazole rings is 1. The summed E-state index contributed by atoms with van der Waals surface area (Å²) in [6, 6.07) is 9.55. The van der Waals surface area contributed by atoms with Crippen LogP contribution in [0, 0.1) is 0 Å². The Morgan fingerprint density at radius 2 is 2.15 bits per heavy atom. The van der Waals surface area contributed by atoms with Gasteiger partial charge in [-0.15, -0.1) is 11.3 Å². The SMILES string of the molecule is CS(=O)(=O)CCc1csc(N=C2C(Oc3ccccc3)C=CCN2Br)n1. The number of nitrogens with zero attached hydrogens (tertiary/aromatic N) is 3.